The van der Waals surface area contributed by atoms with Crippen LogP contribution in [0.3, 0.4) is 0 Å². The Balaban J connectivity index is 2.70. The van der Waals surface area contributed by atoms with Crippen LogP contribution in [-0.4, -0.2) is 38.6 Å². The summed E-state index contributed by atoms with van der Waals surface area (Å²) in [5, 5.41) is 9.79. The van der Waals surface area contributed by atoms with Crippen LogP contribution in [0.5, 0.6) is 0 Å². The van der Waals surface area contributed by atoms with Gasteiger partial charge in [0.1, 0.15) is 9.84 Å². The highest BCUT2D eigenvalue weighted by atomic mass is 32.2. The lowest BCUT2D eigenvalue weighted by atomic mass is 10.1. The Labute approximate surface area is 106 Å². The van der Waals surface area contributed by atoms with Crippen molar-refractivity contribution in [2.45, 2.75) is 12.5 Å². The number of benzene rings is 1. The van der Waals surface area contributed by atoms with E-state index < -0.39 is 21.9 Å². The van der Waals surface area contributed by atoms with E-state index in [0.717, 1.165) is 6.26 Å². The zero-order valence-corrected chi connectivity index (χ0v) is 11.1. The van der Waals surface area contributed by atoms with Gasteiger partial charge in [-0.2, -0.15) is 0 Å². The van der Waals surface area contributed by atoms with Gasteiger partial charge in [-0.25, -0.2) is 13.2 Å². The van der Waals surface area contributed by atoms with Crippen LogP contribution in [0.15, 0.2) is 24.3 Å². The predicted octanol–water partition coefficient (Wildman–Crippen LogP) is 0.941. The lowest BCUT2D eigenvalue weighted by molar-refractivity contribution is 0.0600. The number of carbonyl (C=O) groups excluding carboxylic acids is 1. The van der Waals surface area contributed by atoms with Gasteiger partial charge in [0.2, 0.25) is 0 Å². The second-order valence-electron chi connectivity index (χ2n) is 4.05. The Morgan fingerprint density at radius 2 is 1.89 bits per heavy atom. The molecule has 0 spiro atoms. The van der Waals surface area contributed by atoms with Crippen molar-refractivity contribution in [2.75, 3.05) is 19.1 Å². The number of aliphatic hydroxyl groups is 1. The first-order chi connectivity index (χ1) is 8.33. The van der Waals surface area contributed by atoms with Crippen molar-refractivity contribution in [1.29, 1.82) is 0 Å². The van der Waals surface area contributed by atoms with E-state index in [2.05, 4.69) is 4.74 Å². The minimum atomic E-state index is -3.09. The quantitative estimate of drug-likeness (QED) is 0.807. The van der Waals surface area contributed by atoms with E-state index in [-0.39, 0.29) is 12.2 Å². The number of hydrogen-bond donors (Lipinski definition) is 1. The van der Waals surface area contributed by atoms with Crippen LogP contribution in [0.1, 0.15) is 28.4 Å². The third-order valence-electron chi connectivity index (χ3n) is 2.48. The molecule has 0 aromatic heterocycles. The molecule has 0 heterocycles. The smallest absolute Gasteiger partial charge is 0.337 e. The van der Waals surface area contributed by atoms with Crippen molar-refractivity contribution in [3.63, 3.8) is 0 Å². The first-order valence-corrected chi connectivity index (χ1v) is 7.43. The summed E-state index contributed by atoms with van der Waals surface area (Å²) in [7, 11) is -1.80. The normalized spacial score (nSPS) is 13.1. The van der Waals surface area contributed by atoms with Crippen molar-refractivity contribution in [3.8, 4) is 0 Å². The fourth-order valence-electron chi connectivity index (χ4n) is 1.45. The molecule has 6 heteroatoms. The highest BCUT2D eigenvalue weighted by molar-refractivity contribution is 7.90. The van der Waals surface area contributed by atoms with E-state index in [0.29, 0.717) is 11.1 Å². The summed E-state index contributed by atoms with van der Waals surface area (Å²) >= 11 is 0. The third-order valence-corrected chi connectivity index (χ3v) is 3.46. The van der Waals surface area contributed by atoms with Crippen LogP contribution in [0.4, 0.5) is 0 Å². The van der Waals surface area contributed by atoms with Crippen LogP contribution in [0, 0.1) is 0 Å². The standard InChI is InChI=1S/C12H16O5S/c1-17-12(14)10-5-3-9(4-6-10)11(13)7-8-18(2,15)16/h3-6,11,13H,7-8H2,1-2H3. The van der Waals surface area contributed by atoms with Crippen molar-refractivity contribution >= 4 is 15.8 Å². The maximum Gasteiger partial charge on any atom is 0.337 e. The molecule has 0 radical (unpaired) electrons. The zero-order valence-electron chi connectivity index (χ0n) is 10.3. The zero-order chi connectivity index (χ0) is 13.8. The van der Waals surface area contributed by atoms with E-state index in [1.165, 1.54) is 19.2 Å². The van der Waals surface area contributed by atoms with Crippen molar-refractivity contribution in [3.05, 3.63) is 35.4 Å². The Hall–Kier alpha value is -1.40. The van der Waals surface area contributed by atoms with Crippen LogP contribution in [0.2, 0.25) is 0 Å². The molecule has 0 aliphatic rings. The number of carbonyl (C=O) groups is 1. The van der Waals surface area contributed by atoms with Crippen LogP contribution < -0.4 is 0 Å². The molecule has 0 bridgehead atoms. The van der Waals surface area contributed by atoms with Gasteiger partial charge in [-0.3, -0.25) is 0 Å². The first-order valence-electron chi connectivity index (χ1n) is 5.37. The summed E-state index contributed by atoms with van der Waals surface area (Å²) in [6.45, 7) is 0. The van der Waals surface area contributed by atoms with Gasteiger partial charge in [0.15, 0.2) is 0 Å². The molecule has 1 aromatic rings. The minimum Gasteiger partial charge on any atom is -0.465 e. The molecule has 1 N–H and O–H groups in total. The third kappa shape index (κ3) is 4.46. The Morgan fingerprint density at radius 1 is 1.33 bits per heavy atom. The summed E-state index contributed by atoms with van der Waals surface area (Å²) in [4.78, 5) is 11.2. The van der Waals surface area contributed by atoms with Crippen LogP contribution >= 0.6 is 0 Å². The summed E-state index contributed by atoms with van der Waals surface area (Å²) in [6, 6.07) is 6.23. The van der Waals surface area contributed by atoms with E-state index in [1.807, 2.05) is 0 Å². The van der Waals surface area contributed by atoms with Gasteiger partial charge >= 0.3 is 5.97 Å². The van der Waals surface area contributed by atoms with Crippen molar-refractivity contribution in [1.82, 2.24) is 0 Å². The highest BCUT2D eigenvalue weighted by Gasteiger charge is 2.12. The molecular weight excluding hydrogens is 256 g/mol. The van der Waals surface area contributed by atoms with E-state index >= 15 is 0 Å². The van der Waals surface area contributed by atoms with Gasteiger partial charge in [-0.15, -0.1) is 0 Å². The van der Waals surface area contributed by atoms with Gasteiger partial charge in [-0.05, 0) is 24.1 Å². The largest absolute Gasteiger partial charge is 0.465 e. The Kier molecular flexibility index (Phi) is 4.86. The fraction of sp³-hybridized carbons (Fsp3) is 0.417. The molecule has 0 saturated heterocycles. The number of esters is 1. The molecule has 0 saturated carbocycles. The molecule has 1 rings (SSSR count). The maximum absolute atomic E-state index is 11.2. The average molecular weight is 272 g/mol. The second kappa shape index (κ2) is 5.97. The number of methoxy groups -OCH3 is 1. The maximum atomic E-state index is 11.2. The summed E-state index contributed by atoms with van der Waals surface area (Å²) in [6.07, 6.45) is 0.405. The number of rotatable bonds is 5. The van der Waals surface area contributed by atoms with Gasteiger partial charge < -0.3 is 9.84 Å². The van der Waals surface area contributed by atoms with Crippen LogP contribution in [0.25, 0.3) is 0 Å². The van der Waals surface area contributed by atoms with Gasteiger partial charge in [0, 0.05) is 6.26 Å². The van der Waals surface area contributed by atoms with Crippen molar-refractivity contribution in [2.24, 2.45) is 0 Å². The van der Waals surface area contributed by atoms with E-state index in [1.54, 1.807) is 12.1 Å². The topological polar surface area (TPSA) is 80.7 Å². The summed E-state index contributed by atoms with van der Waals surface area (Å²) in [5.41, 5.74) is 0.961. The summed E-state index contributed by atoms with van der Waals surface area (Å²) in [5.74, 6) is -0.528. The molecule has 0 aliphatic heterocycles. The van der Waals surface area contributed by atoms with Crippen LogP contribution in [-0.2, 0) is 14.6 Å². The molecule has 18 heavy (non-hydrogen) atoms. The SMILES string of the molecule is COC(=O)c1ccc(C(O)CCS(C)(=O)=O)cc1. The minimum absolute atomic E-state index is 0.0765. The highest BCUT2D eigenvalue weighted by Crippen LogP contribution is 2.18. The van der Waals surface area contributed by atoms with E-state index in [4.69, 9.17) is 0 Å². The number of aliphatic hydroxyl groups excluding tert-OH is 1. The lowest BCUT2D eigenvalue weighted by Gasteiger charge is -2.10. The van der Waals surface area contributed by atoms with Gasteiger partial charge in [0.25, 0.3) is 0 Å². The molecule has 5 nitrogen and oxygen atoms in total. The van der Waals surface area contributed by atoms with E-state index in [9.17, 15) is 18.3 Å². The number of sulfone groups is 1. The molecule has 1 unspecified atom stereocenters. The predicted molar refractivity (Wildman–Crippen MR) is 67.1 cm³/mol. The Morgan fingerprint density at radius 3 is 2.33 bits per heavy atom. The molecule has 1 atom stereocenters. The monoisotopic (exact) mass is 272 g/mol. The molecule has 1 aromatic carbocycles. The first kappa shape index (κ1) is 14.7. The second-order valence-corrected chi connectivity index (χ2v) is 6.31. The average Bonchev–Trinajstić information content (AvgIpc) is 2.34. The molecule has 0 fully saturated rings. The molecular formula is C12H16O5S. The van der Waals surface area contributed by atoms with Gasteiger partial charge in [0.05, 0.1) is 24.5 Å². The van der Waals surface area contributed by atoms with Gasteiger partial charge in [-0.1, -0.05) is 12.1 Å². The fourth-order valence-corrected chi connectivity index (χ4v) is 2.10. The summed E-state index contributed by atoms with van der Waals surface area (Å²) < 4.78 is 26.5. The van der Waals surface area contributed by atoms with Crippen molar-refractivity contribution < 1.29 is 23.1 Å². The molecule has 100 valence electrons. The molecule has 0 aliphatic carbocycles. The lowest BCUT2D eigenvalue weighted by Crippen LogP contribution is -2.08. The number of ether oxygens (including phenoxy) is 1. The Bertz CT molecular complexity index is 504. The molecule has 0 amide bonds. The number of hydrogen-bond acceptors (Lipinski definition) is 5.